The van der Waals surface area contributed by atoms with E-state index in [1.807, 2.05) is 18.2 Å². The van der Waals surface area contributed by atoms with Gasteiger partial charge in [0.25, 0.3) is 0 Å². The molecule has 132 valence electrons. The Morgan fingerprint density at radius 2 is 1.92 bits per heavy atom. The third-order valence-electron chi connectivity index (χ3n) is 5.64. The average Bonchev–Trinajstić information content (AvgIpc) is 2.62. The molecule has 2 atom stereocenters. The molecule has 0 heterocycles. The Balaban J connectivity index is 1.80. The Hall–Kier alpha value is -2.50. The van der Waals surface area contributed by atoms with E-state index in [0.717, 1.165) is 19.3 Å². The summed E-state index contributed by atoms with van der Waals surface area (Å²) < 4.78 is 0. The first kappa shape index (κ1) is 16.9. The maximum atomic E-state index is 11.1. The molecule has 2 N–H and O–H groups in total. The number of phenolic OH excluding ortho intramolecular Hbond substituents is 1. The fourth-order valence-corrected chi connectivity index (χ4v) is 4.69. The van der Waals surface area contributed by atoms with Gasteiger partial charge in [-0.05, 0) is 72.9 Å². The lowest BCUT2D eigenvalue weighted by Gasteiger charge is -2.40. The zero-order valence-corrected chi connectivity index (χ0v) is 15.1. The number of hydrogen-bond acceptors (Lipinski definition) is 2. The highest BCUT2D eigenvalue weighted by Crippen LogP contribution is 2.48. The molecule has 0 spiro atoms. The van der Waals surface area contributed by atoms with Crippen LogP contribution in [0.2, 0.25) is 0 Å². The molecule has 0 fully saturated rings. The molecule has 2 aromatic carbocycles. The van der Waals surface area contributed by atoms with E-state index in [1.54, 1.807) is 13.0 Å². The minimum absolute atomic E-state index is 0.232. The molecule has 0 aromatic heterocycles. The Morgan fingerprint density at radius 1 is 1.12 bits per heavy atom. The minimum atomic E-state index is -0.929. The van der Waals surface area contributed by atoms with E-state index >= 15 is 0 Å². The van der Waals surface area contributed by atoms with E-state index in [9.17, 15) is 10.2 Å². The van der Waals surface area contributed by atoms with Crippen molar-refractivity contribution in [2.75, 3.05) is 0 Å². The number of hydrogen-bond donors (Lipinski definition) is 2. The highest BCUT2D eigenvalue weighted by molar-refractivity contribution is 5.77. The zero-order valence-electron chi connectivity index (χ0n) is 15.1. The first-order valence-corrected chi connectivity index (χ1v) is 9.32. The molecule has 0 saturated carbocycles. The summed E-state index contributed by atoms with van der Waals surface area (Å²) in [4.78, 5) is 0. The van der Waals surface area contributed by atoms with Gasteiger partial charge in [-0.3, -0.25) is 0 Å². The summed E-state index contributed by atoms with van der Waals surface area (Å²) in [5.74, 6) is 6.57. The van der Waals surface area contributed by atoms with Crippen LogP contribution in [0.25, 0.3) is 5.57 Å². The van der Waals surface area contributed by atoms with Gasteiger partial charge in [0.05, 0.1) is 0 Å². The zero-order chi connectivity index (χ0) is 18.1. The maximum absolute atomic E-state index is 11.1. The minimum Gasteiger partial charge on any atom is -0.508 e. The summed E-state index contributed by atoms with van der Waals surface area (Å²) in [6.07, 6.45) is 4.03. The number of aliphatic hydroxyl groups is 1. The number of rotatable bonds is 2. The summed E-state index contributed by atoms with van der Waals surface area (Å²) in [5, 5.41) is 21.0. The molecule has 2 aliphatic carbocycles. The highest BCUT2D eigenvalue weighted by Gasteiger charge is 2.39. The summed E-state index contributed by atoms with van der Waals surface area (Å²) in [6.45, 7) is 1.80. The van der Waals surface area contributed by atoms with Crippen molar-refractivity contribution in [3.63, 3.8) is 0 Å². The fourth-order valence-electron chi connectivity index (χ4n) is 4.69. The van der Waals surface area contributed by atoms with E-state index in [1.165, 1.54) is 27.8 Å². The number of fused-ring (bicyclic) bond motifs is 2. The first-order chi connectivity index (χ1) is 12.6. The van der Waals surface area contributed by atoms with E-state index in [4.69, 9.17) is 0 Å². The predicted molar refractivity (Wildman–Crippen MR) is 105 cm³/mol. The van der Waals surface area contributed by atoms with Crippen molar-refractivity contribution in [3.8, 4) is 17.6 Å². The lowest BCUT2D eigenvalue weighted by atomic mass is 9.66. The van der Waals surface area contributed by atoms with E-state index in [0.29, 0.717) is 18.6 Å². The number of phenols is 1. The number of allylic oxidation sites excluding steroid dienone is 1. The summed E-state index contributed by atoms with van der Waals surface area (Å²) in [7, 11) is 0. The summed E-state index contributed by atoms with van der Waals surface area (Å²) in [6, 6.07) is 16.2. The molecule has 2 aromatic rings. The number of aryl methyl sites for hydroxylation is 1. The van der Waals surface area contributed by atoms with Crippen LogP contribution in [0.5, 0.6) is 5.75 Å². The average molecular weight is 344 g/mol. The SMILES string of the molecule is CC#C[C@]1(O)CC2=C(c3ccc(O)cc3CC2)[C@H](Cc2ccccc2)C1. The van der Waals surface area contributed by atoms with Gasteiger partial charge in [-0.25, -0.2) is 0 Å². The van der Waals surface area contributed by atoms with Crippen LogP contribution in [0, 0.1) is 17.8 Å². The fraction of sp³-hybridized carbons (Fsp3) is 0.333. The van der Waals surface area contributed by atoms with Crippen LogP contribution in [0.1, 0.15) is 42.9 Å². The van der Waals surface area contributed by atoms with Gasteiger partial charge in [-0.1, -0.05) is 47.9 Å². The number of benzene rings is 2. The van der Waals surface area contributed by atoms with Crippen LogP contribution in [0.3, 0.4) is 0 Å². The van der Waals surface area contributed by atoms with Gasteiger partial charge in [-0.15, -0.1) is 5.92 Å². The molecule has 2 aliphatic rings. The van der Waals surface area contributed by atoms with Crippen molar-refractivity contribution < 1.29 is 10.2 Å². The lowest BCUT2D eigenvalue weighted by Crippen LogP contribution is -2.37. The van der Waals surface area contributed by atoms with Crippen molar-refractivity contribution >= 4 is 5.57 Å². The van der Waals surface area contributed by atoms with Gasteiger partial charge in [0.15, 0.2) is 0 Å². The van der Waals surface area contributed by atoms with Crippen LogP contribution < -0.4 is 0 Å². The smallest absolute Gasteiger partial charge is 0.129 e. The van der Waals surface area contributed by atoms with Gasteiger partial charge in [0.2, 0.25) is 0 Å². The molecular formula is C24H24O2. The van der Waals surface area contributed by atoms with Crippen molar-refractivity contribution in [1.29, 1.82) is 0 Å². The number of aromatic hydroxyl groups is 1. The Bertz CT molecular complexity index is 914. The van der Waals surface area contributed by atoms with Crippen LogP contribution in [0.15, 0.2) is 54.1 Å². The third kappa shape index (κ3) is 3.16. The molecule has 0 unspecified atom stereocenters. The van der Waals surface area contributed by atoms with Crippen LogP contribution in [-0.4, -0.2) is 15.8 Å². The largest absolute Gasteiger partial charge is 0.508 e. The molecule has 4 rings (SSSR count). The summed E-state index contributed by atoms with van der Waals surface area (Å²) in [5.41, 5.74) is 5.52. The van der Waals surface area contributed by atoms with Gasteiger partial charge >= 0.3 is 0 Å². The molecule has 2 nitrogen and oxygen atoms in total. The molecular weight excluding hydrogens is 320 g/mol. The van der Waals surface area contributed by atoms with Crippen LogP contribution in [0.4, 0.5) is 0 Å². The second kappa shape index (κ2) is 6.67. The van der Waals surface area contributed by atoms with Crippen molar-refractivity contribution in [2.45, 2.75) is 44.6 Å². The lowest BCUT2D eigenvalue weighted by molar-refractivity contribution is 0.0738. The van der Waals surface area contributed by atoms with E-state index < -0.39 is 5.60 Å². The third-order valence-corrected chi connectivity index (χ3v) is 5.64. The van der Waals surface area contributed by atoms with Gasteiger partial charge in [0.1, 0.15) is 11.4 Å². The Labute approximate surface area is 155 Å². The highest BCUT2D eigenvalue weighted by atomic mass is 16.3. The second-order valence-electron chi connectivity index (χ2n) is 7.53. The first-order valence-electron chi connectivity index (χ1n) is 9.32. The van der Waals surface area contributed by atoms with Crippen LogP contribution >= 0.6 is 0 Å². The van der Waals surface area contributed by atoms with Gasteiger partial charge in [0, 0.05) is 6.42 Å². The van der Waals surface area contributed by atoms with Crippen LogP contribution in [-0.2, 0) is 12.8 Å². The van der Waals surface area contributed by atoms with Crippen molar-refractivity contribution in [1.82, 2.24) is 0 Å². The quantitative estimate of drug-likeness (QED) is 0.788. The summed E-state index contributed by atoms with van der Waals surface area (Å²) >= 11 is 0. The normalized spacial score (nSPS) is 24.3. The standard InChI is InChI=1S/C24H24O2/c1-2-12-24(26)15-19-9-8-18-14-21(25)10-11-22(18)23(19)20(16-24)13-17-6-4-3-5-7-17/h3-7,10-11,14,20,25-26H,8-9,13,15-16H2,1H3/t20-,24+/m1/s1. The predicted octanol–water partition coefficient (Wildman–Crippen LogP) is 4.50. The molecule has 2 heteroatoms. The second-order valence-corrected chi connectivity index (χ2v) is 7.53. The topological polar surface area (TPSA) is 40.5 Å². The van der Waals surface area contributed by atoms with Crippen molar-refractivity contribution in [2.24, 2.45) is 5.92 Å². The molecule has 0 radical (unpaired) electrons. The molecule has 0 bridgehead atoms. The molecule has 0 saturated heterocycles. The van der Waals surface area contributed by atoms with E-state index in [2.05, 4.69) is 36.1 Å². The molecule has 0 amide bonds. The Morgan fingerprint density at radius 3 is 2.69 bits per heavy atom. The van der Waals surface area contributed by atoms with Gasteiger partial charge in [-0.2, -0.15) is 0 Å². The maximum Gasteiger partial charge on any atom is 0.129 e. The Kier molecular flexibility index (Phi) is 4.34. The van der Waals surface area contributed by atoms with Gasteiger partial charge < -0.3 is 10.2 Å². The van der Waals surface area contributed by atoms with E-state index in [-0.39, 0.29) is 5.92 Å². The molecule has 0 aliphatic heterocycles. The molecule has 26 heavy (non-hydrogen) atoms. The van der Waals surface area contributed by atoms with Crippen molar-refractivity contribution in [3.05, 3.63) is 70.8 Å². The monoisotopic (exact) mass is 344 g/mol.